The molecule has 0 saturated carbocycles. The molecular formula is C17H36O2. The van der Waals surface area contributed by atoms with Gasteiger partial charge in [-0.15, -0.1) is 0 Å². The van der Waals surface area contributed by atoms with Gasteiger partial charge in [0, 0.05) is 25.6 Å². The third-order valence-corrected chi connectivity index (χ3v) is 3.79. The number of rotatable bonds is 13. The van der Waals surface area contributed by atoms with Crippen molar-refractivity contribution in [3.63, 3.8) is 0 Å². The molecule has 0 radical (unpaired) electrons. The summed E-state index contributed by atoms with van der Waals surface area (Å²) in [5.41, 5.74) is 0. The Labute approximate surface area is 121 Å². The van der Waals surface area contributed by atoms with Crippen LogP contribution in [0.5, 0.6) is 0 Å². The lowest BCUT2D eigenvalue weighted by atomic mass is 9.95. The molecule has 0 aliphatic heterocycles. The lowest BCUT2D eigenvalue weighted by Gasteiger charge is -2.37. The minimum absolute atomic E-state index is 0.354. The van der Waals surface area contributed by atoms with Gasteiger partial charge in [0.15, 0.2) is 5.79 Å². The highest BCUT2D eigenvalue weighted by molar-refractivity contribution is 4.74. The van der Waals surface area contributed by atoms with E-state index in [9.17, 15) is 0 Å². The van der Waals surface area contributed by atoms with E-state index in [1.807, 2.05) is 0 Å². The Morgan fingerprint density at radius 2 is 1.21 bits per heavy atom. The van der Waals surface area contributed by atoms with E-state index in [1.54, 1.807) is 0 Å². The van der Waals surface area contributed by atoms with E-state index >= 15 is 0 Å². The molecule has 19 heavy (non-hydrogen) atoms. The predicted octanol–water partition coefficient (Wildman–Crippen LogP) is 5.55. The van der Waals surface area contributed by atoms with Crippen LogP contribution in [-0.4, -0.2) is 19.0 Å². The summed E-state index contributed by atoms with van der Waals surface area (Å²) in [5, 5.41) is 0. The zero-order valence-corrected chi connectivity index (χ0v) is 14.0. The lowest BCUT2D eigenvalue weighted by Crippen LogP contribution is -2.41. The highest BCUT2D eigenvalue weighted by atomic mass is 16.7. The van der Waals surface area contributed by atoms with Crippen molar-refractivity contribution in [2.45, 2.75) is 91.8 Å². The van der Waals surface area contributed by atoms with Gasteiger partial charge >= 0.3 is 0 Å². The maximum Gasteiger partial charge on any atom is 0.170 e. The topological polar surface area (TPSA) is 18.5 Å². The van der Waals surface area contributed by atoms with Crippen molar-refractivity contribution in [3.05, 3.63) is 0 Å². The van der Waals surface area contributed by atoms with Crippen LogP contribution in [0.4, 0.5) is 0 Å². The highest BCUT2D eigenvalue weighted by Crippen LogP contribution is 2.30. The van der Waals surface area contributed by atoms with Crippen LogP contribution in [0.2, 0.25) is 0 Å². The fraction of sp³-hybridized carbons (Fsp3) is 1.00. The molecule has 0 aromatic rings. The zero-order chi connectivity index (χ0) is 14.6. The van der Waals surface area contributed by atoms with Crippen LogP contribution in [0, 0.1) is 5.92 Å². The summed E-state index contributed by atoms with van der Waals surface area (Å²) in [5.74, 6) is 0.0555. The molecule has 0 N–H and O–H groups in total. The Bertz CT molecular complexity index is 184. The molecule has 0 amide bonds. The number of hydrogen-bond donors (Lipinski definition) is 0. The second-order valence-electron chi connectivity index (χ2n) is 5.70. The Hall–Kier alpha value is -0.0800. The summed E-state index contributed by atoms with van der Waals surface area (Å²) in [6.45, 7) is 12.2. The maximum absolute atomic E-state index is 5.95. The Balaban J connectivity index is 3.97. The number of hydrogen-bond acceptors (Lipinski definition) is 2. The molecule has 0 aromatic carbocycles. The van der Waals surface area contributed by atoms with Crippen molar-refractivity contribution in [2.24, 2.45) is 5.92 Å². The normalized spacial score (nSPS) is 12.3. The van der Waals surface area contributed by atoms with Crippen LogP contribution < -0.4 is 0 Å². The molecule has 0 atom stereocenters. The van der Waals surface area contributed by atoms with Gasteiger partial charge in [-0.3, -0.25) is 0 Å². The summed E-state index contributed by atoms with van der Waals surface area (Å²) in [6, 6.07) is 0. The van der Waals surface area contributed by atoms with Crippen molar-refractivity contribution in [1.82, 2.24) is 0 Å². The minimum Gasteiger partial charge on any atom is -0.350 e. The largest absolute Gasteiger partial charge is 0.350 e. The van der Waals surface area contributed by atoms with Crippen LogP contribution in [0.1, 0.15) is 86.0 Å². The second-order valence-corrected chi connectivity index (χ2v) is 5.70. The third kappa shape index (κ3) is 7.94. The molecule has 2 nitrogen and oxygen atoms in total. The molecule has 0 heterocycles. The van der Waals surface area contributed by atoms with Crippen molar-refractivity contribution in [2.75, 3.05) is 13.2 Å². The zero-order valence-electron chi connectivity index (χ0n) is 14.0. The van der Waals surface area contributed by atoms with Gasteiger partial charge in [-0.25, -0.2) is 0 Å². The summed E-state index contributed by atoms with van der Waals surface area (Å²) < 4.78 is 11.9. The third-order valence-electron chi connectivity index (χ3n) is 3.79. The Morgan fingerprint density at radius 3 is 1.63 bits per heavy atom. The summed E-state index contributed by atoms with van der Waals surface area (Å²) in [6.07, 6.45) is 10.4. The summed E-state index contributed by atoms with van der Waals surface area (Å²) in [4.78, 5) is 0. The molecule has 0 spiro atoms. The molecular weight excluding hydrogens is 236 g/mol. The van der Waals surface area contributed by atoms with E-state index in [0.717, 1.165) is 19.6 Å². The average molecular weight is 272 g/mol. The first-order chi connectivity index (χ1) is 9.13. The monoisotopic (exact) mass is 272 g/mol. The van der Waals surface area contributed by atoms with E-state index < -0.39 is 0 Å². The first-order valence-corrected chi connectivity index (χ1v) is 8.40. The molecule has 0 fully saturated rings. The van der Waals surface area contributed by atoms with Crippen LogP contribution in [-0.2, 0) is 9.47 Å². The fourth-order valence-corrected chi connectivity index (χ4v) is 2.63. The van der Waals surface area contributed by atoms with Crippen LogP contribution >= 0.6 is 0 Å². The standard InChI is InChI=1S/C17H36O2/c1-6-9-10-11-12-13-14-15-17(16(4)5,18-7-2)19-8-3/h16H,6-15H2,1-5H3. The van der Waals surface area contributed by atoms with Crippen LogP contribution in [0.25, 0.3) is 0 Å². The van der Waals surface area contributed by atoms with Crippen molar-refractivity contribution in [3.8, 4) is 0 Å². The highest BCUT2D eigenvalue weighted by Gasteiger charge is 2.34. The molecule has 0 unspecified atom stereocenters. The molecule has 0 saturated heterocycles. The quantitative estimate of drug-likeness (QED) is 0.323. The van der Waals surface area contributed by atoms with E-state index in [0.29, 0.717) is 5.92 Å². The molecule has 0 aliphatic carbocycles. The van der Waals surface area contributed by atoms with Gasteiger partial charge in [-0.1, -0.05) is 59.3 Å². The summed E-state index contributed by atoms with van der Waals surface area (Å²) in [7, 11) is 0. The van der Waals surface area contributed by atoms with Gasteiger partial charge < -0.3 is 9.47 Å². The van der Waals surface area contributed by atoms with Gasteiger partial charge in [0.2, 0.25) is 0 Å². The van der Waals surface area contributed by atoms with Gasteiger partial charge in [0.05, 0.1) is 0 Å². The van der Waals surface area contributed by atoms with Crippen LogP contribution in [0.3, 0.4) is 0 Å². The maximum atomic E-state index is 5.95. The second kappa shape index (κ2) is 11.7. The molecule has 0 aliphatic rings. The number of ether oxygens (including phenoxy) is 2. The Morgan fingerprint density at radius 1 is 0.737 bits per heavy atom. The molecule has 116 valence electrons. The van der Waals surface area contributed by atoms with Crippen LogP contribution in [0.15, 0.2) is 0 Å². The summed E-state index contributed by atoms with van der Waals surface area (Å²) >= 11 is 0. The first-order valence-electron chi connectivity index (χ1n) is 8.40. The van der Waals surface area contributed by atoms with E-state index in [-0.39, 0.29) is 5.79 Å². The number of unbranched alkanes of at least 4 members (excludes halogenated alkanes) is 6. The average Bonchev–Trinajstić information content (AvgIpc) is 2.37. The van der Waals surface area contributed by atoms with Crippen molar-refractivity contribution < 1.29 is 9.47 Å². The van der Waals surface area contributed by atoms with E-state index in [2.05, 4.69) is 34.6 Å². The van der Waals surface area contributed by atoms with E-state index in [1.165, 1.54) is 44.9 Å². The molecule has 0 rings (SSSR count). The first kappa shape index (κ1) is 18.9. The smallest absolute Gasteiger partial charge is 0.170 e. The van der Waals surface area contributed by atoms with Gasteiger partial charge in [-0.05, 0) is 20.3 Å². The predicted molar refractivity (Wildman–Crippen MR) is 83.4 cm³/mol. The Kier molecular flexibility index (Phi) is 11.7. The molecule has 2 heteroatoms. The fourth-order valence-electron chi connectivity index (χ4n) is 2.63. The SMILES string of the molecule is CCCCCCCCCC(OCC)(OCC)C(C)C. The molecule has 0 aromatic heterocycles. The van der Waals surface area contributed by atoms with E-state index in [4.69, 9.17) is 9.47 Å². The minimum atomic E-state index is -0.354. The molecule has 0 bridgehead atoms. The van der Waals surface area contributed by atoms with Crippen molar-refractivity contribution >= 4 is 0 Å². The lowest BCUT2D eigenvalue weighted by molar-refractivity contribution is -0.262. The van der Waals surface area contributed by atoms with Gasteiger partial charge in [0.25, 0.3) is 0 Å². The van der Waals surface area contributed by atoms with Gasteiger partial charge in [0.1, 0.15) is 0 Å². The van der Waals surface area contributed by atoms with Crippen molar-refractivity contribution in [1.29, 1.82) is 0 Å². The van der Waals surface area contributed by atoms with Gasteiger partial charge in [-0.2, -0.15) is 0 Å².